The molecule has 3 unspecified atom stereocenters. The molecule has 0 bridgehead atoms. The standard InChI is InChI=1S/C28H47N3O4S/c1-10-12-17-29-25(32)24(23-19(3)14-13-15-20(23)4)31(21(5)11-2)26(33)22(16-18-36-9)30-27(34)35-28(6,7)8/h13-15,21-22,24H,10-12,16-18H2,1-9H3,(H,29,32)(H,30,34). The second-order valence-electron chi connectivity index (χ2n) is 10.3. The Morgan fingerprint density at radius 1 is 1.11 bits per heavy atom. The molecule has 1 aromatic rings. The SMILES string of the molecule is CCCCNC(=O)C(c1c(C)cccc1C)N(C(=O)C(CCSC)NC(=O)OC(C)(C)C)C(C)CC. The number of carbonyl (C=O) groups excluding carboxylic acids is 3. The van der Waals surface area contributed by atoms with Crippen molar-refractivity contribution in [2.24, 2.45) is 0 Å². The Morgan fingerprint density at radius 2 is 1.72 bits per heavy atom. The van der Waals surface area contributed by atoms with Crippen molar-refractivity contribution in [2.75, 3.05) is 18.6 Å². The smallest absolute Gasteiger partial charge is 0.408 e. The van der Waals surface area contributed by atoms with E-state index in [-0.39, 0.29) is 17.9 Å². The summed E-state index contributed by atoms with van der Waals surface area (Å²) >= 11 is 1.60. The molecule has 36 heavy (non-hydrogen) atoms. The van der Waals surface area contributed by atoms with Gasteiger partial charge in [-0.05, 0) is 89.5 Å². The molecule has 0 aliphatic carbocycles. The fourth-order valence-corrected chi connectivity index (χ4v) is 4.53. The Kier molecular flexibility index (Phi) is 13.4. The molecule has 3 amide bonds. The van der Waals surface area contributed by atoms with Crippen molar-refractivity contribution in [1.82, 2.24) is 15.5 Å². The summed E-state index contributed by atoms with van der Waals surface area (Å²) in [6.45, 7) is 15.9. The largest absolute Gasteiger partial charge is 0.444 e. The lowest BCUT2D eigenvalue weighted by atomic mass is 9.92. The minimum absolute atomic E-state index is 0.199. The van der Waals surface area contributed by atoms with E-state index < -0.39 is 23.8 Å². The highest BCUT2D eigenvalue weighted by Gasteiger charge is 2.39. The molecule has 0 saturated carbocycles. The molecule has 2 N–H and O–H groups in total. The lowest BCUT2D eigenvalue weighted by molar-refractivity contribution is -0.145. The molecule has 204 valence electrons. The van der Waals surface area contributed by atoms with Gasteiger partial charge in [-0.25, -0.2) is 4.79 Å². The fourth-order valence-electron chi connectivity index (χ4n) is 4.06. The predicted molar refractivity (Wildman–Crippen MR) is 149 cm³/mol. The number of nitrogens with one attached hydrogen (secondary N) is 2. The summed E-state index contributed by atoms with van der Waals surface area (Å²) in [5.74, 6) is 0.204. The molecule has 1 aromatic carbocycles. The number of nitrogens with zero attached hydrogens (tertiary/aromatic N) is 1. The van der Waals surface area contributed by atoms with Gasteiger partial charge in [0.2, 0.25) is 11.8 Å². The summed E-state index contributed by atoms with van der Waals surface area (Å²) < 4.78 is 5.45. The molecule has 0 aliphatic rings. The van der Waals surface area contributed by atoms with Gasteiger partial charge in [0.05, 0.1) is 0 Å². The first-order valence-corrected chi connectivity index (χ1v) is 14.4. The van der Waals surface area contributed by atoms with Crippen molar-refractivity contribution in [3.8, 4) is 0 Å². The molecule has 7 nitrogen and oxygen atoms in total. The first-order valence-electron chi connectivity index (χ1n) is 13.0. The molecule has 0 radical (unpaired) electrons. The quantitative estimate of drug-likeness (QED) is 0.333. The van der Waals surface area contributed by atoms with Crippen LogP contribution in [0.3, 0.4) is 0 Å². The van der Waals surface area contributed by atoms with Gasteiger partial charge in [-0.15, -0.1) is 0 Å². The van der Waals surface area contributed by atoms with Crippen molar-refractivity contribution in [3.63, 3.8) is 0 Å². The Morgan fingerprint density at radius 3 is 2.22 bits per heavy atom. The van der Waals surface area contributed by atoms with Crippen molar-refractivity contribution in [2.45, 2.75) is 105 Å². The first kappa shape index (κ1) is 31.8. The molecule has 0 aliphatic heterocycles. The lowest BCUT2D eigenvalue weighted by Gasteiger charge is -2.39. The molecule has 0 spiro atoms. The van der Waals surface area contributed by atoms with Crippen LogP contribution < -0.4 is 10.6 Å². The van der Waals surface area contributed by atoms with Crippen LogP contribution in [-0.4, -0.2) is 59.0 Å². The highest BCUT2D eigenvalue weighted by Crippen LogP contribution is 2.31. The minimum atomic E-state index is -0.809. The maximum Gasteiger partial charge on any atom is 0.408 e. The third-order valence-corrected chi connectivity index (χ3v) is 6.74. The number of alkyl carbamates (subject to hydrolysis) is 1. The van der Waals surface area contributed by atoms with E-state index in [9.17, 15) is 14.4 Å². The van der Waals surface area contributed by atoms with Gasteiger partial charge < -0.3 is 20.3 Å². The number of aryl methyl sites for hydroxylation is 2. The van der Waals surface area contributed by atoms with Crippen molar-refractivity contribution < 1.29 is 19.1 Å². The molecule has 0 fully saturated rings. The average molecular weight is 522 g/mol. The van der Waals surface area contributed by atoms with E-state index in [1.807, 2.05) is 52.1 Å². The van der Waals surface area contributed by atoms with Crippen LogP contribution in [0.25, 0.3) is 0 Å². The maximum absolute atomic E-state index is 14.2. The van der Waals surface area contributed by atoms with E-state index in [0.717, 1.165) is 29.5 Å². The topological polar surface area (TPSA) is 87.7 Å². The molecular weight excluding hydrogens is 474 g/mol. The van der Waals surface area contributed by atoms with Crippen LogP contribution in [-0.2, 0) is 14.3 Å². The van der Waals surface area contributed by atoms with Crippen LogP contribution in [0.15, 0.2) is 18.2 Å². The molecule has 0 aromatic heterocycles. The molecular formula is C28H47N3O4S. The van der Waals surface area contributed by atoms with Gasteiger partial charge in [-0.2, -0.15) is 11.8 Å². The summed E-state index contributed by atoms with van der Waals surface area (Å²) in [4.78, 5) is 42.2. The minimum Gasteiger partial charge on any atom is -0.444 e. The van der Waals surface area contributed by atoms with Crippen LogP contribution in [0.4, 0.5) is 4.79 Å². The van der Waals surface area contributed by atoms with Gasteiger partial charge in [-0.1, -0.05) is 38.5 Å². The number of benzene rings is 1. The number of thioether (sulfide) groups is 1. The summed E-state index contributed by atoms with van der Waals surface area (Å²) in [6.07, 6.45) is 4.24. The van der Waals surface area contributed by atoms with Crippen molar-refractivity contribution in [3.05, 3.63) is 34.9 Å². The van der Waals surface area contributed by atoms with Gasteiger partial charge in [0.25, 0.3) is 0 Å². The average Bonchev–Trinajstić information content (AvgIpc) is 2.79. The van der Waals surface area contributed by atoms with Crippen LogP contribution >= 0.6 is 11.8 Å². The van der Waals surface area contributed by atoms with Crippen LogP contribution in [0.5, 0.6) is 0 Å². The molecule has 8 heteroatoms. The van der Waals surface area contributed by atoms with Gasteiger partial charge in [-0.3, -0.25) is 9.59 Å². The number of ether oxygens (including phenoxy) is 1. The highest BCUT2D eigenvalue weighted by atomic mass is 32.2. The Bertz CT molecular complexity index is 849. The second-order valence-corrected chi connectivity index (χ2v) is 11.3. The first-order chi connectivity index (χ1) is 16.9. The number of hydrogen-bond donors (Lipinski definition) is 2. The highest BCUT2D eigenvalue weighted by molar-refractivity contribution is 7.98. The molecule has 1 rings (SSSR count). The van der Waals surface area contributed by atoms with Crippen molar-refractivity contribution in [1.29, 1.82) is 0 Å². The second kappa shape index (κ2) is 15.1. The van der Waals surface area contributed by atoms with Gasteiger partial charge in [0.1, 0.15) is 17.7 Å². The number of hydrogen-bond acceptors (Lipinski definition) is 5. The molecule has 0 saturated heterocycles. The zero-order chi connectivity index (χ0) is 27.5. The summed E-state index contributed by atoms with van der Waals surface area (Å²) in [5.41, 5.74) is 2.05. The number of unbranched alkanes of at least 4 members (excludes halogenated alkanes) is 1. The lowest BCUT2D eigenvalue weighted by Crippen LogP contribution is -2.56. The van der Waals surface area contributed by atoms with Gasteiger partial charge in [0.15, 0.2) is 0 Å². The molecule has 3 atom stereocenters. The van der Waals surface area contributed by atoms with Crippen LogP contribution in [0.2, 0.25) is 0 Å². The van der Waals surface area contributed by atoms with E-state index in [1.54, 1.807) is 37.4 Å². The summed E-state index contributed by atoms with van der Waals surface area (Å²) in [6, 6.07) is 4.06. The van der Waals surface area contributed by atoms with E-state index in [2.05, 4.69) is 17.6 Å². The Hall–Kier alpha value is -2.22. The Labute approximate surface area is 222 Å². The van der Waals surface area contributed by atoms with Gasteiger partial charge >= 0.3 is 6.09 Å². The third-order valence-electron chi connectivity index (χ3n) is 6.09. The predicted octanol–water partition coefficient (Wildman–Crippen LogP) is 5.53. The fraction of sp³-hybridized carbons (Fsp3) is 0.679. The number of amides is 3. The zero-order valence-corrected chi connectivity index (χ0v) is 24.5. The third kappa shape index (κ3) is 9.68. The molecule has 0 heterocycles. The number of carbonyl (C=O) groups is 3. The summed E-state index contributed by atoms with van der Waals surface area (Å²) in [5, 5.41) is 5.85. The van der Waals surface area contributed by atoms with E-state index in [0.29, 0.717) is 25.1 Å². The van der Waals surface area contributed by atoms with E-state index in [4.69, 9.17) is 4.74 Å². The zero-order valence-electron chi connectivity index (χ0n) is 23.7. The Balaban J connectivity index is 3.55. The van der Waals surface area contributed by atoms with Crippen LogP contribution in [0, 0.1) is 13.8 Å². The van der Waals surface area contributed by atoms with Crippen LogP contribution in [0.1, 0.15) is 90.0 Å². The van der Waals surface area contributed by atoms with Gasteiger partial charge in [0, 0.05) is 12.6 Å². The normalized spacial score (nSPS) is 13.9. The maximum atomic E-state index is 14.2. The number of rotatable bonds is 13. The van der Waals surface area contributed by atoms with Crippen molar-refractivity contribution >= 4 is 29.7 Å². The monoisotopic (exact) mass is 521 g/mol. The summed E-state index contributed by atoms with van der Waals surface area (Å²) in [7, 11) is 0. The van der Waals surface area contributed by atoms with E-state index in [1.165, 1.54) is 0 Å². The van der Waals surface area contributed by atoms with E-state index >= 15 is 0 Å².